The van der Waals surface area contributed by atoms with Gasteiger partial charge in [0.15, 0.2) is 5.69 Å². The van der Waals surface area contributed by atoms with Crippen LogP contribution in [0.5, 0.6) is 0 Å². The molecule has 0 fully saturated rings. The molecule has 2 rings (SSSR count). The van der Waals surface area contributed by atoms with Gasteiger partial charge in [-0.2, -0.15) is 10.2 Å². The Hall–Kier alpha value is -1.95. The Morgan fingerprint density at radius 1 is 1.45 bits per heavy atom. The molecule has 6 heteroatoms. The first-order valence-corrected chi connectivity index (χ1v) is 7.13. The number of aromatic amines is 1. The van der Waals surface area contributed by atoms with Crippen LogP contribution in [0.4, 0.5) is 0 Å². The Kier molecular flexibility index (Phi) is 4.04. The maximum absolute atomic E-state index is 11.9. The molecule has 0 aliphatic rings. The average molecular weight is 290 g/mol. The molecule has 0 spiro atoms. The van der Waals surface area contributed by atoms with E-state index in [0.717, 1.165) is 10.6 Å². The minimum absolute atomic E-state index is 0.0662. The van der Waals surface area contributed by atoms with E-state index in [0.29, 0.717) is 5.69 Å². The van der Waals surface area contributed by atoms with Gasteiger partial charge in [0.1, 0.15) is 0 Å². The number of nitrogens with zero attached hydrogens (tertiary/aromatic N) is 2. The molecular weight excluding hydrogens is 272 g/mol. The van der Waals surface area contributed by atoms with Crippen LogP contribution in [0.3, 0.4) is 0 Å². The molecule has 0 aromatic carbocycles. The first kappa shape index (κ1) is 14.5. The summed E-state index contributed by atoms with van der Waals surface area (Å²) in [5.41, 5.74) is 3.67. The Balaban J connectivity index is 1.98. The smallest absolute Gasteiger partial charge is 0.281 e. The highest BCUT2D eigenvalue weighted by molar-refractivity contribution is 7.13. The highest BCUT2D eigenvalue weighted by Gasteiger charge is 2.19. The standard InChI is InChI=1S/C14H18N4OS/c1-9-5-6-10(20-9)8-15-18-13(19)11-7-12(17-16-11)14(2,3)4/h5-8H,1-4H3,(H,16,17)(H,18,19). The lowest BCUT2D eigenvalue weighted by molar-refractivity contribution is 0.0950. The molecule has 1 amide bonds. The number of amides is 1. The number of thiophene rings is 1. The summed E-state index contributed by atoms with van der Waals surface area (Å²) in [7, 11) is 0. The number of hydrazone groups is 1. The third-order valence-electron chi connectivity index (χ3n) is 2.74. The molecule has 0 atom stereocenters. The van der Waals surface area contributed by atoms with Crippen molar-refractivity contribution in [1.82, 2.24) is 15.6 Å². The van der Waals surface area contributed by atoms with Crippen LogP contribution in [0.15, 0.2) is 23.3 Å². The summed E-state index contributed by atoms with van der Waals surface area (Å²) in [4.78, 5) is 14.1. The van der Waals surface area contributed by atoms with E-state index in [9.17, 15) is 4.79 Å². The van der Waals surface area contributed by atoms with Gasteiger partial charge < -0.3 is 0 Å². The van der Waals surface area contributed by atoms with Crippen molar-refractivity contribution in [3.63, 3.8) is 0 Å². The normalized spacial score (nSPS) is 12.0. The van der Waals surface area contributed by atoms with Gasteiger partial charge in [-0.05, 0) is 25.1 Å². The van der Waals surface area contributed by atoms with Crippen LogP contribution in [-0.4, -0.2) is 22.3 Å². The molecule has 106 valence electrons. The second-order valence-electron chi connectivity index (χ2n) is 5.56. The molecule has 0 aliphatic heterocycles. The molecule has 0 saturated heterocycles. The Bertz CT molecular complexity index is 634. The fourth-order valence-electron chi connectivity index (χ4n) is 1.56. The minimum atomic E-state index is -0.318. The number of hydrogen-bond acceptors (Lipinski definition) is 4. The number of aromatic nitrogens is 2. The van der Waals surface area contributed by atoms with Gasteiger partial charge in [-0.15, -0.1) is 11.3 Å². The van der Waals surface area contributed by atoms with E-state index >= 15 is 0 Å². The van der Waals surface area contributed by atoms with Crippen molar-refractivity contribution in [2.45, 2.75) is 33.1 Å². The second kappa shape index (κ2) is 5.58. The van der Waals surface area contributed by atoms with Crippen molar-refractivity contribution in [3.05, 3.63) is 39.3 Å². The highest BCUT2D eigenvalue weighted by atomic mass is 32.1. The summed E-state index contributed by atoms with van der Waals surface area (Å²) in [5, 5.41) is 10.8. The number of rotatable bonds is 3. The van der Waals surface area contributed by atoms with Gasteiger partial charge in [0, 0.05) is 20.9 Å². The van der Waals surface area contributed by atoms with E-state index < -0.39 is 0 Å². The molecule has 0 aliphatic carbocycles. The fraction of sp³-hybridized carbons (Fsp3) is 0.357. The van der Waals surface area contributed by atoms with Crippen molar-refractivity contribution in [2.75, 3.05) is 0 Å². The summed E-state index contributed by atoms with van der Waals surface area (Å²) >= 11 is 1.62. The Morgan fingerprint density at radius 2 is 2.20 bits per heavy atom. The maximum Gasteiger partial charge on any atom is 0.291 e. The molecule has 20 heavy (non-hydrogen) atoms. The lowest BCUT2D eigenvalue weighted by atomic mass is 9.92. The van der Waals surface area contributed by atoms with E-state index in [1.165, 1.54) is 4.88 Å². The Labute approximate surface area is 122 Å². The zero-order chi connectivity index (χ0) is 14.8. The fourth-order valence-corrected chi connectivity index (χ4v) is 2.31. The summed E-state index contributed by atoms with van der Waals surface area (Å²) in [6.45, 7) is 8.19. The van der Waals surface area contributed by atoms with Gasteiger partial charge in [-0.25, -0.2) is 5.43 Å². The third-order valence-corrected chi connectivity index (χ3v) is 3.67. The van der Waals surface area contributed by atoms with Crippen LogP contribution in [-0.2, 0) is 5.41 Å². The number of nitrogens with one attached hydrogen (secondary N) is 2. The van der Waals surface area contributed by atoms with E-state index in [1.54, 1.807) is 23.6 Å². The second-order valence-corrected chi connectivity index (χ2v) is 6.88. The van der Waals surface area contributed by atoms with Gasteiger partial charge in [0.25, 0.3) is 5.91 Å². The zero-order valence-electron chi connectivity index (χ0n) is 12.0. The molecular formula is C14H18N4OS. The van der Waals surface area contributed by atoms with Gasteiger partial charge in [-0.3, -0.25) is 9.89 Å². The average Bonchev–Trinajstić information content (AvgIpc) is 2.97. The van der Waals surface area contributed by atoms with E-state index in [4.69, 9.17) is 0 Å². The summed E-state index contributed by atoms with van der Waals surface area (Å²) in [6, 6.07) is 5.72. The van der Waals surface area contributed by atoms with Crippen molar-refractivity contribution in [1.29, 1.82) is 0 Å². The minimum Gasteiger partial charge on any atom is -0.281 e. The molecule has 2 heterocycles. The van der Waals surface area contributed by atoms with Crippen LogP contribution in [0.2, 0.25) is 0 Å². The van der Waals surface area contributed by atoms with Crippen molar-refractivity contribution in [3.8, 4) is 0 Å². The van der Waals surface area contributed by atoms with Crippen LogP contribution in [0.1, 0.15) is 46.7 Å². The van der Waals surface area contributed by atoms with Crippen molar-refractivity contribution in [2.24, 2.45) is 5.10 Å². The van der Waals surface area contributed by atoms with Gasteiger partial charge >= 0.3 is 0 Å². The molecule has 0 saturated carbocycles. The summed E-state index contributed by atoms with van der Waals surface area (Å²) in [6.07, 6.45) is 1.63. The molecule has 0 bridgehead atoms. The SMILES string of the molecule is Cc1ccc(C=NNC(=O)c2cc(C(C)(C)C)[nH]n2)s1. The highest BCUT2D eigenvalue weighted by Crippen LogP contribution is 2.20. The predicted molar refractivity (Wildman–Crippen MR) is 81.4 cm³/mol. The van der Waals surface area contributed by atoms with Crippen molar-refractivity contribution < 1.29 is 4.79 Å². The predicted octanol–water partition coefficient (Wildman–Crippen LogP) is 2.84. The van der Waals surface area contributed by atoms with E-state index in [2.05, 4.69) is 41.5 Å². The van der Waals surface area contributed by atoms with Crippen molar-refractivity contribution >= 4 is 23.5 Å². The van der Waals surface area contributed by atoms with Crippen LogP contribution in [0.25, 0.3) is 0 Å². The summed E-state index contributed by atoms with van der Waals surface area (Å²) < 4.78 is 0. The monoisotopic (exact) mass is 290 g/mol. The van der Waals surface area contributed by atoms with E-state index in [-0.39, 0.29) is 11.3 Å². The number of carbonyl (C=O) groups is 1. The largest absolute Gasteiger partial charge is 0.291 e. The van der Waals surface area contributed by atoms with Gasteiger partial charge in [-0.1, -0.05) is 20.8 Å². The number of carbonyl (C=O) groups excluding carboxylic acids is 1. The lowest BCUT2D eigenvalue weighted by Crippen LogP contribution is -2.18. The Morgan fingerprint density at radius 3 is 2.75 bits per heavy atom. The number of aryl methyl sites for hydroxylation is 1. The number of H-pyrrole nitrogens is 1. The van der Waals surface area contributed by atoms with Gasteiger partial charge in [0.05, 0.1) is 6.21 Å². The third kappa shape index (κ3) is 3.54. The maximum atomic E-state index is 11.9. The van der Waals surface area contributed by atoms with Crippen LogP contribution >= 0.6 is 11.3 Å². The first-order valence-electron chi connectivity index (χ1n) is 6.32. The zero-order valence-corrected chi connectivity index (χ0v) is 12.8. The first-order chi connectivity index (χ1) is 9.36. The quantitative estimate of drug-likeness (QED) is 0.674. The topological polar surface area (TPSA) is 70.1 Å². The van der Waals surface area contributed by atoms with E-state index in [1.807, 2.05) is 19.1 Å². The molecule has 0 unspecified atom stereocenters. The summed E-state index contributed by atoms with van der Waals surface area (Å²) in [5.74, 6) is -0.318. The molecule has 2 aromatic heterocycles. The molecule has 5 nitrogen and oxygen atoms in total. The molecule has 2 aromatic rings. The number of hydrogen-bond donors (Lipinski definition) is 2. The lowest BCUT2D eigenvalue weighted by Gasteiger charge is -2.14. The van der Waals surface area contributed by atoms with Crippen LogP contribution in [0, 0.1) is 6.92 Å². The molecule has 0 radical (unpaired) electrons. The molecule has 2 N–H and O–H groups in total. The van der Waals surface area contributed by atoms with Gasteiger partial charge in [0.2, 0.25) is 0 Å². The van der Waals surface area contributed by atoms with Crippen LogP contribution < -0.4 is 5.43 Å².